The molecule has 0 heterocycles. The molecule has 0 rings (SSSR count). The lowest BCUT2D eigenvalue weighted by atomic mass is 9.87. The summed E-state index contributed by atoms with van der Waals surface area (Å²) in [5.41, 5.74) is 4.48. The zero-order valence-corrected chi connectivity index (χ0v) is 7.39. The van der Waals surface area contributed by atoms with Gasteiger partial charge in [-0.05, 0) is 0 Å². The van der Waals surface area contributed by atoms with Crippen LogP contribution >= 0.6 is 12.4 Å². The SMILES string of the molecule is CC(C)(CN)C(O)C(=O)O.Cl. The van der Waals surface area contributed by atoms with Gasteiger partial charge in [0.15, 0.2) is 6.10 Å². The smallest absolute Gasteiger partial charge is 0.333 e. The molecule has 68 valence electrons. The second-order valence-corrected chi connectivity index (χ2v) is 2.93. The first kappa shape index (κ1) is 13.3. The minimum atomic E-state index is -1.38. The summed E-state index contributed by atoms with van der Waals surface area (Å²) in [6.07, 6.45) is -1.38. The van der Waals surface area contributed by atoms with Gasteiger partial charge >= 0.3 is 5.97 Å². The van der Waals surface area contributed by atoms with Gasteiger partial charge in [-0.1, -0.05) is 13.8 Å². The number of nitrogens with two attached hydrogens (primary N) is 1. The highest BCUT2D eigenvalue weighted by Gasteiger charge is 2.31. The second kappa shape index (κ2) is 4.54. The summed E-state index contributed by atoms with van der Waals surface area (Å²) in [5.74, 6) is -1.23. The molecule has 0 aromatic heterocycles. The number of halogens is 1. The van der Waals surface area contributed by atoms with Crippen LogP contribution in [0.3, 0.4) is 0 Å². The number of rotatable bonds is 3. The summed E-state index contributed by atoms with van der Waals surface area (Å²) in [7, 11) is 0. The Labute approximate surface area is 71.8 Å². The van der Waals surface area contributed by atoms with Gasteiger partial charge in [-0.3, -0.25) is 0 Å². The predicted molar refractivity (Wildman–Crippen MR) is 43.7 cm³/mol. The predicted octanol–water partition coefficient (Wildman–Crippen LogP) is -0.161. The monoisotopic (exact) mass is 183 g/mol. The van der Waals surface area contributed by atoms with Crippen molar-refractivity contribution in [1.29, 1.82) is 0 Å². The van der Waals surface area contributed by atoms with Gasteiger partial charge in [-0.15, -0.1) is 12.4 Å². The Morgan fingerprint density at radius 1 is 1.64 bits per heavy atom. The van der Waals surface area contributed by atoms with E-state index >= 15 is 0 Å². The largest absolute Gasteiger partial charge is 0.479 e. The Morgan fingerprint density at radius 2 is 2.00 bits per heavy atom. The van der Waals surface area contributed by atoms with Crippen LogP contribution in [0.4, 0.5) is 0 Å². The van der Waals surface area contributed by atoms with Crippen LogP contribution in [0.2, 0.25) is 0 Å². The normalized spacial score (nSPS) is 13.5. The number of carbonyl (C=O) groups is 1. The van der Waals surface area contributed by atoms with Gasteiger partial charge < -0.3 is 15.9 Å². The van der Waals surface area contributed by atoms with Crippen molar-refractivity contribution >= 4 is 18.4 Å². The highest BCUT2D eigenvalue weighted by atomic mass is 35.5. The van der Waals surface area contributed by atoms with E-state index in [0.717, 1.165) is 0 Å². The summed E-state index contributed by atoms with van der Waals surface area (Å²) in [6.45, 7) is 3.36. The maximum absolute atomic E-state index is 10.2. The van der Waals surface area contributed by atoms with Crippen LogP contribution in [0, 0.1) is 5.41 Å². The van der Waals surface area contributed by atoms with E-state index in [2.05, 4.69) is 0 Å². The molecule has 0 aliphatic rings. The third-order valence-electron chi connectivity index (χ3n) is 1.50. The Hall–Kier alpha value is -0.320. The van der Waals surface area contributed by atoms with Crippen molar-refractivity contribution in [2.24, 2.45) is 11.1 Å². The van der Waals surface area contributed by atoms with Crippen molar-refractivity contribution < 1.29 is 15.0 Å². The van der Waals surface area contributed by atoms with E-state index in [0.29, 0.717) is 0 Å². The van der Waals surface area contributed by atoms with Crippen LogP contribution in [0.25, 0.3) is 0 Å². The molecule has 4 N–H and O–H groups in total. The Bertz CT molecular complexity index is 138. The Kier molecular flexibility index (Phi) is 5.48. The fourth-order valence-corrected chi connectivity index (χ4v) is 0.446. The lowest BCUT2D eigenvalue weighted by Crippen LogP contribution is -2.41. The first-order chi connectivity index (χ1) is 4.41. The average Bonchev–Trinajstić information content (AvgIpc) is 1.86. The number of hydrogen-bond acceptors (Lipinski definition) is 3. The molecule has 0 amide bonds. The number of hydrogen-bond donors (Lipinski definition) is 3. The molecule has 1 unspecified atom stereocenters. The third kappa shape index (κ3) is 3.55. The van der Waals surface area contributed by atoms with Crippen molar-refractivity contribution in [2.75, 3.05) is 6.54 Å². The highest BCUT2D eigenvalue weighted by Crippen LogP contribution is 2.18. The van der Waals surface area contributed by atoms with Crippen molar-refractivity contribution in [2.45, 2.75) is 20.0 Å². The minimum Gasteiger partial charge on any atom is -0.479 e. The fourth-order valence-electron chi connectivity index (χ4n) is 0.446. The maximum atomic E-state index is 10.2. The molecule has 0 fully saturated rings. The van der Waals surface area contributed by atoms with Crippen LogP contribution in [-0.2, 0) is 4.79 Å². The van der Waals surface area contributed by atoms with E-state index < -0.39 is 17.5 Å². The molecule has 0 bridgehead atoms. The minimum absolute atomic E-state index is 0. The molecule has 0 aliphatic heterocycles. The van der Waals surface area contributed by atoms with E-state index in [1.165, 1.54) is 0 Å². The number of aliphatic hydroxyl groups is 1. The molecule has 0 saturated heterocycles. The maximum Gasteiger partial charge on any atom is 0.333 e. The van der Waals surface area contributed by atoms with E-state index in [1.807, 2.05) is 0 Å². The first-order valence-corrected chi connectivity index (χ1v) is 3.03. The molecule has 11 heavy (non-hydrogen) atoms. The summed E-state index contributed by atoms with van der Waals surface area (Å²) in [4.78, 5) is 10.2. The second-order valence-electron chi connectivity index (χ2n) is 2.93. The summed E-state index contributed by atoms with van der Waals surface area (Å²) < 4.78 is 0. The molecule has 0 aliphatic carbocycles. The van der Waals surface area contributed by atoms with Gasteiger partial charge in [0.05, 0.1) is 0 Å². The van der Waals surface area contributed by atoms with E-state index in [4.69, 9.17) is 15.9 Å². The van der Waals surface area contributed by atoms with Gasteiger partial charge in [0.1, 0.15) is 0 Å². The van der Waals surface area contributed by atoms with Gasteiger partial charge in [0.25, 0.3) is 0 Å². The van der Waals surface area contributed by atoms with Gasteiger partial charge in [0, 0.05) is 12.0 Å². The summed E-state index contributed by atoms with van der Waals surface area (Å²) >= 11 is 0. The molecule has 1 atom stereocenters. The van der Waals surface area contributed by atoms with Crippen LogP contribution in [0.5, 0.6) is 0 Å². The topological polar surface area (TPSA) is 83.5 Å². The van der Waals surface area contributed by atoms with Gasteiger partial charge in [0.2, 0.25) is 0 Å². The van der Waals surface area contributed by atoms with Crippen molar-refractivity contribution in [3.63, 3.8) is 0 Å². The number of aliphatic carboxylic acids is 1. The van der Waals surface area contributed by atoms with Crippen molar-refractivity contribution in [1.82, 2.24) is 0 Å². The number of aliphatic hydroxyl groups excluding tert-OH is 1. The molecule has 0 aromatic carbocycles. The molecular weight excluding hydrogens is 170 g/mol. The van der Waals surface area contributed by atoms with E-state index in [-0.39, 0.29) is 19.0 Å². The average molecular weight is 184 g/mol. The quantitative estimate of drug-likeness (QED) is 0.568. The molecule has 0 radical (unpaired) electrons. The van der Waals surface area contributed by atoms with E-state index in [9.17, 15) is 4.79 Å². The standard InChI is InChI=1S/C6H13NO3.ClH/c1-6(2,3-7)4(8)5(9)10;/h4,8H,3,7H2,1-2H3,(H,9,10);1H. The van der Waals surface area contributed by atoms with Gasteiger partial charge in [-0.25, -0.2) is 4.79 Å². The molecule has 0 aromatic rings. The van der Waals surface area contributed by atoms with Crippen LogP contribution in [-0.4, -0.2) is 28.8 Å². The van der Waals surface area contributed by atoms with Gasteiger partial charge in [-0.2, -0.15) is 0 Å². The van der Waals surface area contributed by atoms with Crippen LogP contribution in [0.15, 0.2) is 0 Å². The fraction of sp³-hybridized carbons (Fsp3) is 0.833. The van der Waals surface area contributed by atoms with Crippen LogP contribution < -0.4 is 5.73 Å². The Morgan fingerprint density at radius 3 is 2.09 bits per heavy atom. The van der Waals surface area contributed by atoms with Crippen LogP contribution in [0.1, 0.15) is 13.8 Å². The molecule has 0 spiro atoms. The van der Waals surface area contributed by atoms with Crippen molar-refractivity contribution in [3.8, 4) is 0 Å². The number of carboxylic acid groups (broad SMARTS) is 1. The van der Waals surface area contributed by atoms with Crippen molar-refractivity contribution in [3.05, 3.63) is 0 Å². The third-order valence-corrected chi connectivity index (χ3v) is 1.50. The molecule has 4 nitrogen and oxygen atoms in total. The molecule has 5 heteroatoms. The Balaban J connectivity index is 0. The zero-order valence-electron chi connectivity index (χ0n) is 6.57. The summed E-state index contributed by atoms with van der Waals surface area (Å²) in [6, 6.07) is 0. The summed E-state index contributed by atoms with van der Waals surface area (Å²) in [5, 5.41) is 17.3. The number of carboxylic acids is 1. The molecule has 0 saturated carbocycles. The first-order valence-electron chi connectivity index (χ1n) is 3.03. The zero-order chi connectivity index (χ0) is 8.36. The highest BCUT2D eigenvalue weighted by molar-refractivity contribution is 5.85. The molecular formula is C6H14ClNO3. The van der Waals surface area contributed by atoms with E-state index in [1.54, 1.807) is 13.8 Å². The lowest BCUT2D eigenvalue weighted by Gasteiger charge is -2.25. The lowest BCUT2D eigenvalue weighted by molar-refractivity contribution is -0.152.